The van der Waals surface area contributed by atoms with Gasteiger partial charge >= 0.3 is 5.97 Å². The number of rotatable bonds is 3. The van der Waals surface area contributed by atoms with Gasteiger partial charge in [0.2, 0.25) is 0 Å². The molecule has 0 spiro atoms. The molecule has 82 valence electrons. The van der Waals surface area contributed by atoms with Crippen molar-refractivity contribution in [2.45, 2.75) is 32.6 Å². The molecule has 3 heteroatoms. The van der Waals surface area contributed by atoms with Gasteiger partial charge in [0.1, 0.15) is 0 Å². The van der Waals surface area contributed by atoms with Crippen LogP contribution in [-0.2, 0) is 9.53 Å². The predicted molar refractivity (Wildman–Crippen MR) is 53.7 cm³/mol. The molecule has 0 heterocycles. The molecule has 0 bridgehead atoms. The second-order valence-electron chi connectivity index (χ2n) is 4.28. The zero-order valence-corrected chi connectivity index (χ0v) is 9.03. The van der Waals surface area contributed by atoms with Crippen molar-refractivity contribution in [2.24, 2.45) is 17.8 Å². The molecule has 0 aromatic carbocycles. The van der Waals surface area contributed by atoms with E-state index in [4.69, 9.17) is 9.84 Å². The highest BCUT2D eigenvalue weighted by Crippen LogP contribution is 2.33. The van der Waals surface area contributed by atoms with E-state index in [2.05, 4.69) is 0 Å². The molecule has 1 aliphatic carbocycles. The molecule has 1 fully saturated rings. The van der Waals surface area contributed by atoms with E-state index >= 15 is 0 Å². The Kier molecular flexibility index (Phi) is 4.39. The lowest BCUT2D eigenvalue weighted by Gasteiger charge is -2.30. The van der Waals surface area contributed by atoms with E-state index in [1.165, 1.54) is 7.11 Å². The molecule has 1 aliphatic rings. The van der Waals surface area contributed by atoms with Crippen LogP contribution in [0.1, 0.15) is 32.6 Å². The van der Waals surface area contributed by atoms with Crippen LogP contribution in [0.15, 0.2) is 0 Å². The number of methoxy groups -OCH3 is 1. The number of aliphatic hydroxyl groups excluding tert-OH is 1. The SMILES string of the molecule is COC(=O)C(C)C1CCC(CO)CC1. The molecule has 1 atom stereocenters. The van der Waals surface area contributed by atoms with Gasteiger partial charge < -0.3 is 9.84 Å². The molecular weight excluding hydrogens is 180 g/mol. The van der Waals surface area contributed by atoms with Crippen LogP contribution in [0, 0.1) is 17.8 Å². The molecule has 0 aliphatic heterocycles. The number of esters is 1. The molecule has 3 nitrogen and oxygen atoms in total. The van der Waals surface area contributed by atoms with Gasteiger partial charge in [-0.2, -0.15) is 0 Å². The highest BCUT2D eigenvalue weighted by Gasteiger charge is 2.29. The third-order valence-electron chi connectivity index (χ3n) is 3.43. The van der Waals surface area contributed by atoms with Crippen LogP contribution in [-0.4, -0.2) is 24.8 Å². The van der Waals surface area contributed by atoms with E-state index in [1.54, 1.807) is 0 Å². The van der Waals surface area contributed by atoms with E-state index in [-0.39, 0.29) is 11.9 Å². The standard InChI is InChI=1S/C11H20O3/c1-8(11(13)14-2)10-5-3-9(7-12)4-6-10/h8-10,12H,3-7H2,1-2H3. The second kappa shape index (κ2) is 5.35. The fourth-order valence-electron chi connectivity index (χ4n) is 2.25. The van der Waals surface area contributed by atoms with Crippen molar-refractivity contribution in [1.29, 1.82) is 0 Å². The molecule has 1 unspecified atom stereocenters. The van der Waals surface area contributed by atoms with Crippen molar-refractivity contribution < 1.29 is 14.6 Å². The molecule has 0 aromatic heterocycles. The molecule has 1 saturated carbocycles. The van der Waals surface area contributed by atoms with Gasteiger partial charge in [0.05, 0.1) is 13.0 Å². The first-order valence-corrected chi connectivity index (χ1v) is 5.37. The summed E-state index contributed by atoms with van der Waals surface area (Å²) in [7, 11) is 1.44. The summed E-state index contributed by atoms with van der Waals surface area (Å²) in [5.74, 6) is 0.818. The summed E-state index contributed by atoms with van der Waals surface area (Å²) in [5, 5.41) is 8.98. The first-order chi connectivity index (χ1) is 6.69. The third-order valence-corrected chi connectivity index (χ3v) is 3.43. The Bertz CT molecular complexity index is 183. The zero-order chi connectivity index (χ0) is 10.6. The smallest absolute Gasteiger partial charge is 0.308 e. The van der Waals surface area contributed by atoms with Gasteiger partial charge in [-0.1, -0.05) is 6.92 Å². The van der Waals surface area contributed by atoms with Crippen LogP contribution in [0.3, 0.4) is 0 Å². The quantitative estimate of drug-likeness (QED) is 0.704. The van der Waals surface area contributed by atoms with Crippen molar-refractivity contribution >= 4 is 5.97 Å². The monoisotopic (exact) mass is 200 g/mol. The fourth-order valence-corrected chi connectivity index (χ4v) is 2.25. The maximum Gasteiger partial charge on any atom is 0.308 e. The molecule has 0 saturated heterocycles. The predicted octanol–water partition coefficient (Wildman–Crippen LogP) is 1.59. The summed E-state index contributed by atoms with van der Waals surface area (Å²) < 4.78 is 4.73. The van der Waals surface area contributed by atoms with Crippen LogP contribution in [0.4, 0.5) is 0 Å². The fraction of sp³-hybridized carbons (Fsp3) is 0.909. The van der Waals surface area contributed by atoms with Crippen molar-refractivity contribution in [3.05, 3.63) is 0 Å². The van der Waals surface area contributed by atoms with E-state index < -0.39 is 0 Å². The lowest BCUT2D eigenvalue weighted by Crippen LogP contribution is -2.27. The minimum Gasteiger partial charge on any atom is -0.469 e. The first-order valence-electron chi connectivity index (χ1n) is 5.37. The number of carbonyl (C=O) groups is 1. The van der Waals surface area contributed by atoms with Gasteiger partial charge in [-0.15, -0.1) is 0 Å². The second-order valence-corrected chi connectivity index (χ2v) is 4.28. The number of hydrogen-bond acceptors (Lipinski definition) is 3. The zero-order valence-electron chi connectivity index (χ0n) is 9.03. The van der Waals surface area contributed by atoms with Crippen LogP contribution < -0.4 is 0 Å². The van der Waals surface area contributed by atoms with Gasteiger partial charge in [-0.25, -0.2) is 0 Å². The molecular formula is C11H20O3. The molecule has 1 N–H and O–H groups in total. The summed E-state index contributed by atoms with van der Waals surface area (Å²) >= 11 is 0. The number of hydrogen-bond donors (Lipinski definition) is 1. The molecule has 0 amide bonds. The Morgan fingerprint density at radius 2 is 2.00 bits per heavy atom. The van der Waals surface area contributed by atoms with Gasteiger partial charge in [0.15, 0.2) is 0 Å². The molecule has 0 aromatic rings. The summed E-state index contributed by atoms with van der Waals surface area (Å²) in [6, 6.07) is 0. The number of ether oxygens (including phenoxy) is 1. The maximum absolute atomic E-state index is 11.3. The average Bonchev–Trinajstić information content (AvgIpc) is 2.27. The van der Waals surface area contributed by atoms with E-state index in [1.807, 2.05) is 6.92 Å². The normalized spacial score (nSPS) is 29.6. The van der Waals surface area contributed by atoms with Crippen LogP contribution in [0.2, 0.25) is 0 Å². The minimum absolute atomic E-state index is 0.0136. The Morgan fingerprint density at radius 3 is 2.43 bits per heavy atom. The van der Waals surface area contributed by atoms with Gasteiger partial charge in [-0.3, -0.25) is 4.79 Å². The summed E-state index contributed by atoms with van der Waals surface area (Å²) in [6.45, 7) is 2.23. The Morgan fingerprint density at radius 1 is 1.43 bits per heavy atom. The van der Waals surface area contributed by atoms with E-state index in [0.29, 0.717) is 18.4 Å². The van der Waals surface area contributed by atoms with Crippen LogP contribution >= 0.6 is 0 Å². The highest BCUT2D eigenvalue weighted by atomic mass is 16.5. The largest absolute Gasteiger partial charge is 0.469 e. The number of aliphatic hydroxyl groups is 1. The van der Waals surface area contributed by atoms with Crippen molar-refractivity contribution in [3.8, 4) is 0 Å². The topological polar surface area (TPSA) is 46.5 Å². The molecule has 1 rings (SSSR count). The Hall–Kier alpha value is -0.570. The van der Waals surface area contributed by atoms with Crippen molar-refractivity contribution in [2.75, 3.05) is 13.7 Å². The summed E-state index contributed by atoms with van der Waals surface area (Å²) in [6.07, 6.45) is 4.17. The van der Waals surface area contributed by atoms with Gasteiger partial charge in [0.25, 0.3) is 0 Å². The third kappa shape index (κ3) is 2.71. The lowest BCUT2D eigenvalue weighted by atomic mass is 9.76. The molecule has 14 heavy (non-hydrogen) atoms. The summed E-state index contributed by atoms with van der Waals surface area (Å²) in [4.78, 5) is 11.3. The van der Waals surface area contributed by atoms with E-state index in [9.17, 15) is 4.79 Å². The van der Waals surface area contributed by atoms with Crippen molar-refractivity contribution in [1.82, 2.24) is 0 Å². The summed E-state index contributed by atoms with van der Waals surface area (Å²) in [5.41, 5.74) is 0. The lowest BCUT2D eigenvalue weighted by molar-refractivity contribution is -0.147. The van der Waals surface area contributed by atoms with Gasteiger partial charge in [0, 0.05) is 6.61 Å². The minimum atomic E-state index is -0.0996. The molecule has 0 radical (unpaired) electrons. The first kappa shape index (κ1) is 11.5. The van der Waals surface area contributed by atoms with Crippen molar-refractivity contribution in [3.63, 3.8) is 0 Å². The highest BCUT2D eigenvalue weighted by molar-refractivity contribution is 5.72. The average molecular weight is 200 g/mol. The Labute approximate surface area is 85.5 Å². The number of carbonyl (C=O) groups excluding carboxylic acids is 1. The maximum atomic E-state index is 11.3. The van der Waals surface area contributed by atoms with Crippen LogP contribution in [0.25, 0.3) is 0 Å². The Balaban J connectivity index is 2.37. The van der Waals surface area contributed by atoms with Gasteiger partial charge in [-0.05, 0) is 37.5 Å². The van der Waals surface area contributed by atoms with E-state index in [0.717, 1.165) is 25.7 Å². The van der Waals surface area contributed by atoms with Crippen LogP contribution in [0.5, 0.6) is 0 Å².